The number of para-hydroxylation sites is 2. The van der Waals surface area contributed by atoms with Crippen LogP contribution in [0.2, 0.25) is 0 Å². The summed E-state index contributed by atoms with van der Waals surface area (Å²) in [6, 6.07) is 21.4. The predicted molar refractivity (Wildman–Crippen MR) is 118 cm³/mol. The molecule has 4 rings (SSSR count). The van der Waals surface area contributed by atoms with Crippen molar-refractivity contribution < 1.29 is 19.1 Å². The highest BCUT2D eigenvalue weighted by atomic mass is 16.5. The molecule has 31 heavy (non-hydrogen) atoms. The topological polar surface area (TPSA) is 87.7 Å². The molecule has 0 aromatic heterocycles. The molecule has 0 bridgehead atoms. The second kappa shape index (κ2) is 8.71. The lowest BCUT2D eigenvalue weighted by atomic mass is 10.1. The van der Waals surface area contributed by atoms with Crippen molar-refractivity contribution in [3.63, 3.8) is 0 Å². The van der Waals surface area contributed by atoms with Crippen LogP contribution in [0, 0.1) is 0 Å². The number of nitrogens with one attached hydrogen (secondary N) is 2. The van der Waals surface area contributed by atoms with Gasteiger partial charge in [0.25, 0.3) is 11.8 Å². The van der Waals surface area contributed by atoms with E-state index in [1.54, 1.807) is 41.3 Å². The van der Waals surface area contributed by atoms with E-state index in [0.717, 1.165) is 11.3 Å². The number of carbonyl (C=O) groups is 3. The number of ether oxygens (including phenoxy) is 1. The maximum atomic E-state index is 12.5. The average Bonchev–Trinajstić information content (AvgIpc) is 2.77. The van der Waals surface area contributed by atoms with E-state index in [1.165, 1.54) is 6.92 Å². The molecule has 0 aliphatic carbocycles. The minimum absolute atomic E-state index is 0.0121. The summed E-state index contributed by atoms with van der Waals surface area (Å²) in [5, 5.41) is 5.51. The molecule has 1 aliphatic rings. The van der Waals surface area contributed by atoms with E-state index >= 15 is 0 Å². The Bertz CT molecular complexity index is 1120. The van der Waals surface area contributed by atoms with Crippen molar-refractivity contribution in [1.29, 1.82) is 0 Å². The minimum Gasteiger partial charge on any atom is -0.482 e. The molecule has 3 aromatic carbocycles. The number of hydrogen-bond donors (Lipinski definition) is 2. The smallest absolute Gasteiger partial charge is 0.265 e. The van der Waals surface area contributed by atoms with E-state index in [2.05, 4.69) is 10.6 Å². The zero-order chi connectivity index (χ0) is 21.8. The van der Waals surface area contributed by atoms with Gasteiger partial charge in [0.05, 0.1) is 12.2 Å². The summed E-state index contributed by atoms with van der Waals surface area (Å²) in [5.74, 6) is 0.177. The Hall–Kier alpha value is -4.13. The molecular formula is C24H21N3O4. The van der Waals surface area contributed by atoms with E-state index < -0.39 is 0 Å². The zero-order valence-corrected chi connectivity index (χ0v) is 16.9. The third kappa shape index (κ3) is 4.72. The Balaban J connectivity index is 1.42. The number of rotatable bonds is 5. The van der Waals surface area contributed by atoms with E-state index in [0.29, 0.717) is 29.2 Å². The van der Waals surface area contributed by atoms with Crippen molar-refractivity contribution in [3.8, 4) is 5.75 Å². The lowest BCUT2D eigenvalue weighted by Crippen LogP contribution is -2.38. The molecule has 0 unspecified atom stereocenters. The van der Waals surface area contributed by atoms with Crippen LogP contribution in [0.15, 0.2) is 72.8 Å². The average molecular weight is 415 g/mol. The first-order valence-electron chi connectivity index (χ1n) is 9.80. The van der Waals surface area contributed by atoms with Gasteiger partial charge in [0.1, 0.15) is 5.75 Å². The Morgan fingerprint density at radius 1 is 0.903 bits per heavy atom. The summed E-state index contributed by atoms with van der Waals surface area (Å²) in [6.45, 7) is 1.84. The van der Waals surface area contributed by atoms with Crippen LogP contribution in [0.1, 0.15) is 22.8 Å². The number of nitrogens with zero attached hydrogens (tertiary/aromatic N) is 1. The summed E-state index contributed by atoms with van der Waals surface area (Å²) in [4.78, 5) is 37.6. The number of anilines is 3. The number of amides is 3. The van der Waals surface area contributed by atoms with Crippen molar-refractivity contribution in [2.45, 2.75) is 13.5 Å². The second-order valence-corrected chi connectivity index (χ2v) is 7.15. The fourth-order valence-corrected chi connectivity index (χ4v) is 3.31. The van der Waals surface area contributed by atoms with Gasteiger partial charge in [-0.05, 0) is 54.1 Å². The molecule has 0 atom stereocenters. The van der Waals surface area contributed by atoms with Crippen molar-refractivity contribution >= 4 is 34.8 Å². The molecule has 3 aromatic rings. The quantitative estimate of drug-likeness (QED) is 0.663. The van der Waals surface area contributed by atoms with E-state index in [-0.39, 0.29) is 24.3 Å². The van der Waals surface area contributed by atoms with Gasteiger partial charge in [-0.2, -0.15) is 0 Å². The van der Waals surface area contributed by atoms with Crippen LogP contribution in [-0.2, 0) is 16.1 Å². The lowest BCUT2D eigenvalue weighted by molar-refractivity contribution is -0.121. The van der Waals surface area contributed by atoms with Gasteiger partial charge < -0.3 is 20.3 Å². The fourth-order valence-electron chi connectivity index (χ4n) is 3.31. The standard InChI is InChI=1S/C24H21N3O4/c1-16(28)25-19-10-12-20(13-11-19)26-24(30)18-8-6-17(7-9-18)14-27-21-4-2-3-5-22(21)31-15-23(27)29/h2-13H,14-15H2,1H3,(H,25,28)(H,26,30). The maximum Gasteiger partial charge on any atom is 0.265 e. The Kier molecular flexibility index (Phi) is 5.66. The Morgan fingerprint density at radius 3 is 2.23 bits per heavy atom. The number of benzene rings is 3. The fraction of sp³-hybridized carbons (Fsp3) is 0.125. The van der Waals surface area contributed by atoms with Gasteiger partial charge >= 0.3 is 0 Å². The van der Waals surface area contributed by atoms with Crippen LogP contribution in [0.5, 0.6) is 5.75 Å². The normalized spacial score (nSPS) is 12.5. The van der Waals surface area contributed by atoms with Gasteiger partial charge in [-0.15, -0.1) is 0 Å². The first kappa shape index (κ1) is 20.2. The number of hydrogen-bond acceptors (Lipinski definition) is 4. The van der Waals surface area contributed by atoms with Gasteiger partial charge in [0.15, 0.2) is 6.61 Å². The number of carbonyl (C=O) groups excluding carboxylic acids is 3. The molecule has 7 nitrogen and oxygen atoms in total. The minimum atomic E-state index is -0.244. The zero-order valence-electron chi connectivity index (χ0n) is 16.9. The van der Waals surface area contributed by atoms with Crippen LogP contribution < -0.4 is 20.3 Å². The molecule has 0 radical (unpaired) electrons. The third-order valence-corrected chi connectivity index (χ3v) is 4.83. The summed E-state index contributed by atoms with van der Waals surface area (Å²) < 4.78 is 5.47. The molecular weight excluding hydrogens is 394 g/mol. The van der Waals surface area contributed by atoms with Gasteiger partial charge in [-0.1, -0.05) is 24.3 Å². The largest absolute Gasteiger partial charge is 0.482 e. The Labute approximate surface area is 179 Å². The second-order valence-electron chi connectivity index (χ2n) is 7.15. The van der Waals surface area contributed by atoms with Gasteiger partial charge in [-0.3, -0.25) is 14.4 Å². The van der Waals surface area contributed by atoms with Crippen LogP contribution in [-0.4, -0.2) is 24.3 Å². The first-order chi connectivity index (χ1) is 15.0. The van der Waals surface area contributed by atoms with Gasteiger partial charge in [-0.25, -0.2) is 0 Å². The Morgan fingerprint density at radius 2 is 1.55 bits per heavy atom. The number of fused-ring (bicyclic) bond motifs is 1. The molecule has 2 N–H and O–H groups in total. The van der Waals surface area contributed by atoms with Crippen LogP contribution in [0.25, 0.3) is 0 Å². The highest BCUT2D eigenvalue weighted by Gasteiger charge is 2.25. The van der Waals surface area contributed by atoms with E-state index in [1.807, 2.05) is 36.4 Å². The molecule has 0 saturated carbocycles. The van der Waals surface area contributed by atoms with Crippen molar-refractivity contribution in [1.82, 2.24) is 0 Å². The molecule has 156 valence electrons. The highest BCUT2D eigenvalue weighted by molar-refractivity contribution is 6.04. The molecule has 1 heterocycles. The highest BCUT2D eigenvalue weighted by Crippen LogP contribution is 2.32. The monoisotopic (exact) mass is 415 g/mol. The van der Waals surface area contributed by atoms with E-state index in [4.69, 9.17) is 4.74 Å². The summed E-state index contributed by atoms with van der Waals surface area (Å²) >= 11 is 0. The molecule has 0 spiro atoms. The molecule has 0 fully saturated rings. The lowest BCUT2D eigenvalue weighted by Gasteiger charge is -2.29. The third-order valence-electron chi connectivity index (χ3n) is 4.83. The summed E-state index contributed by atoms with van der Waals surface area (Å²) in [5.41, 5.74) is 3.43. The predicted octanol–water partition coefficient (Wildman–Crippen LogP) is 3.82. The van der Waals surface area contributed by atoms with Crippen molar-refractivity contribution in [2.24, 2.45) is 0 Å². The van der Waals surface area contributed by atoms with Crippen LogP contribution in [0.3, 0.4) is 0 Å². The summed E-state index contributed by atoms with van der Waals surface area (Å²) in [6.07, 6.45) is 0. The van der Waals surface area contributed by atoms with Gasteiger partial charge in [0.2, 0.25) is 5.91 Å². The SMILES string of the molecule is CC(=O)Nc1ccc(NC(=O)c2ccc(CN3C(=O)COc4ccccc43)cc2)cc1. The van der Waals surface area contributed by atoms with Gasteiger partial charge in [0, 0.05) is 23.9 Å². The van der Waals surface area contributed by atoms with Crippen LogP contribution >= 0.6 is 0 Å². The maximum absolute atomic E-state index is 12.5. The molecule has 7 heteroatoms. The van der Waals surface area contributed by atoms with Crippen LogP contribution in [0.4, 0.5) is 17.1 Å². The molecule has 1 aliphatic heterocycles. The van der Waals surface area contributed by atoms with Crippen molar-refractivity contribution in [3.05, 3.63) is 83.9 Å². The van der Waals surface area contributed by atoms with E-state index in [9.17, 15) is 14.4 Å². The van der Waals surface area contributed by atoms with Crippen molar-refractivity contribution in [2.75, 3.05) is 22.1 Å². The summed E-state index contributed by atoms with van der Waals surface area (Å²) in [7, 11) is 0. The molecule has 3 amide bonds. The molecule has 0 saturated heterocycles. The first-order valence-corrected chi connectivity index (χ1v) is 9.80.